The fourth-order valence-corrected chi connectivity index (χ4v) is 1.75. The molecule has 19 heavy (non-hydrogen) atoms. The van der Waals surface area contributed by atoms with E-state index >= 15 is 0 Å². The molecular weight excluding hydrogens is 242 g/mol. The van der Waals surface area contributed by atoms with Crippen LogP contribution in [0.15, 0.2) is 30.3 Å². The zero-order valence-electron chi connectivity index (χ0n) is 11.1. The number of ether oxygens (including phenoxy) is 1. The Hall–Kier alpha value is -2.36. The first-order chi connectivity index (χ1) is 8.97. The van der Waals surface area contributed by atoms with Gasteiger partial charge in [0.25, 0.3) is 0 Å². The molecule has 0 atom stereocenters. The summed E-state index contributed by atoms with van der Waals surface area (Å²) in [6, 6.07) is 8.98. The van der Waals surface area contributed by atoms with Crippen molar-refractivity contribution in [3.8, 4) is 11.6 Å². The second kappa shape index (κ2) is 5.10. The minimum atomic E-state index is -0.983. The average Bonchev–Trinajstić information content (AvgIpc) is 2.33. The van der Waals surface area contributed by atoms with Crippen LogP contribution in [0.1, 0.15) is 27.2 Å². The van der Waals surface area contributed by atoms with Gasteiger partial charge >= 0.3 is 5.97 Å². The third kappa shape index (κ3) is 2.91. The summed E-state index contributed by atoms with van der Waals surface area (Å²) in [4.78, 5) is 15.1. The van der Waals surface area contributed by atoms with Crippen LogP contribution in [0.2, 0.25) is 0 Å². The van der Waals surface area contributed by atoms with Crippen molar-refractivity contribution in [3.05, 3.63) is 52.7 Å². The molecule has 0 amide bonds. The Morgan fingerprint density at radius 1 is 1.16 bits per heavy atom. The molecule has 0 aliphatic carbocycles. The lowest BCUT2D eigenvalue weighted by Crippen LogP contribution is -2.02. The highest BCUT2D eigenvalue weighted by Gasteiger charge is 2.10. The normalized spacial score (nSPS) is 10.3. The predicted molar refractivity (Wildman–Crippen MR) is 71.9 cm³/mol. The summed E-state index contributed by atoms with van der Waals surface area (Å²) < 4.78 is 5.70. The van der Waals surface area contributed by atoms with E-state index in [1.807, 2.05) is 32.0 Å². The maximum atomic E-state index is 10.9. The third-order valence-corrected chi connectivity index (χ3v) is 2.85. The summed E-state index contributed by atoms with van der Waals surface area (Å²) in [7, 11) is 0. The van der Waals surface area contributed by atoms with Crippen molar-refractivity contribution in [2.75, 3.05) is 0 Å². The van der Waals surface area contributed by atoms with Gasteiger partial charge in [0, 0.05) is 6.07 Å². The maximum Gasteiger partial charge on any atom is 0.337 e. The first-order valence-corrected chi connectivity index (χ1v) is 5.93. The van der Waals surface area contributed by atoms with E-state index in [2.05, 4.69) is 4.98 Å². The number of hydrogen-bond acceptors (Lipinski definition) is 3. The van der Waals surface area contributed by atoms with E-state index in [1.165, 1.54) is 6.07 Å². The molecule has 0 saturated heterocycles. The number of aromatic nitrogens is 1. The van der Waals surface area contributed by atoms with Gasteiger partial charge in [-0.15, -0.1) is 0 Å². The molecule has 1 N–H and O–H groups in total. The van der Waals surface area contributed by atoms with Crippen LogP contribution < -0.4 is 4.74 Å². The van der Waals surface area contributed by atoms with Gasteiger partial charge in [0.05, 0.1) is 11.3 Å². The number of hydrogen-bond donors (Lipinski definition) is 1. The molecule has 0 unspecified atom stereocenters. The fourth-order valence-electron chi connectivity index (χ4n) is 1.75. The van der Waals surface area contributed by atoms with Crippen molar-refractivity contribution in [3.63, 3.8) is 0 Å². The zero-order chi connectivity index (χ0) is 14.0. The van der Waals surface area contributed by atoms with Gasteiger partial charge in [0.15, 0.2) is 0 Å². The molecule has 4 nitrogen and oxygen atoms in total. The highest BCUT2D eigenvalue weighted by Crippen LogP contribution is 2.25. The van der Waals surface area contributed by atoms with Crippen LogP contribution in [0.4, 0.5) is 0 Å². The molecule has 0 saturated carbocycles. The first-order valence-electron chi connectivity index (χ1n) is 5.93. The van der Waals surface area contributed by atoms with Gasteiger partial charge in [-0.25, -0.2) is 9.78 Å². The summed E-state index contributed by atoms with van der Waals surface area (Å²) in [5.74, 6) is 0.148. The van der Waals surface area contributed by atoms with Gasteiger partial charge in [-0.1, -0.05) is 12.1 Å². The van der Waals surface area contributed by atoms with Gasteiger partial charge in [-0.05, 0) is 44.0 Å². The number of aryl methyl sites for hydroxylation is 3. The lowest BCUT2D eigenvalue weighted by atomic mass is 10.1. The number of pyridine rings is 1. The molecule has 1 heterocycles. The van der Waals surface area contributed by atoms with Crippen molar-refractivity contribution < 1.29 is 14.6 Å². The number of carboxylic acid groups (broad SMARTS) is 1. The molecule has 98 valence electrons. The predicted octanol–water partition coefficient (Wildman–Crippen LogP) is 3.50. The van der Waals surface area contributed by atoms with Crippen molar-refractivity contribution in [2.45, 2.75) is 20.8 Å². The summed E-state index contributed by atoms with van der Waals surface area (Å²) in [5, 5.41) is 8.95. The lowest BCUT2D eigenvalue weighted by Gasteiger charge is -2.10. The Morgan fingerprint density at radius 2 is 1.89 bits per heavy atom. The Labute approximate surface area is 111 Å². The second-order valence-electron chi connectivity index (χ2n) is 4.46. The SMILES string of the molecule is Cc1ccc(C)c(Oc2ccc(C(=O)O)c(C)n2)c1. The molecule has 2 aromatic rings. The van der Waals surface area contributed by atoms with Crippen molar-refractivity contribution in [1.29, 1.82) is 0 Å². The van der Waals surface area contributed by atoms with E-state index in [0.717, 1.165) is 16.9 Å². The Bertz CT molecular complexity index is 635. The van der Waals surface area contributed by atoms with E-state index in [4.69, 9.17) is 9.84 Å². The molecule has 4 heteroatoms. The molecule has 0 spiro atoms. The molecule has 0 radical (unpaired) electrons. The largest absolute Gasteiger partial charge is 0.478 e. The minimum absolute atomic E-state index is 0.188. The Kier molecular flexibility index (Phi) is 3.51. The van der Waals surface area contributed by atoms with Crippen LogP contribution >= 0.6 is 0 Å². The summed E-state index contributed by atoms with van der Waals surface area (Å²) in [6.07, 6.45) is 0. The van der Waals surface area contributed by atoms with E-state index in [1.54, 1.807) is 13.0 Å². The molecule has 0 fully saturated rings. The number of carbonyl (C=O) groups is 1. The van der Waals surface area contributed by atoms with Crippen molar-refractivity contribution >= 4 is 5.97 Å². The van der Waals surface area contributed by atoms with Gasteiger partial charge in [-0.2, -0.15) is 0 Å². The first kappa shape index (κ1) is 13.1. The Balaban J connectivity index is 2.31. The van der Waals surface area contributed by atoms with Crippen molar-refractivity contribution in [2.24, 2.45) is 0 Å². The monoisotopic (exact) mass is 257 g/mol. The van der Waals surface area contributed by atoms with Crippen LogP contribution in [0, 0.1) is 20.8 Å². The molecule has 0 aliphatic heterocycles. The van der Waals surface area contributed by atoms with Crippen LogP contribution in [-0.4, -0.2) is 16.1 Å². The van der Waals surface area contributed by atoms with Crippen LogP contribution in [0.3, 0.4) is 0 Å². The van der Waals surface area contributed by atoms with Crippen LogP contribution in [-0.2, 0) is 0 Å². The topological polar surface area (TPSA) is 59.4 Å². The third-order valence-electron chi connectivity index (χ3n) is 2.85. The smallest absolute Gasteiger partial charge is 0.337 e. The summed E-state index contributed by atoms with van der Waals surface area (Å²) >= 11 is 0. The number of rotatable bonds is 3. The highest BCUT2D eigenvalue weighted by atomic mass is 16.5. The molecule has 0 bridgehead atoms. The number of benzene rings is 1. The average molecular weight is 257 g/mol. The second-order valence-corrected chi connectivity index (χ2v) is 4.46. The van der Waals surface area contributed by atoms with Gasteiger partial charge in [0.2, 0.25) is 5.88 Å². The van der Waals surface area contributed by atoms with Gasteiger partial charge < -0.3 is 9.84 Å². The fraction of sp³-hybridized carbons (Fsp3) is 0.200. The maximum absolute atomic E-state index is 10.9. The van der Waals surface area contributed by atoms with E-state index in [0.29, 0.717) is 11.6 Å². The summed E-state index contributed by atoms with van der Waals surface area (Å²) in [5.41, 5.74) is 2.73. The Morgan fingerprint density at radius 3 is 2.53 bits per heavy atom. The molecular formula is C15H15NO3. The van der Waals surface area contributed by atoms with Crippen LogP contribution in [0.5, 0.6) is 11.6 Å². The van der Waals surface area contributed by atoms with Gasteiger partial charge in [-0.3, -0.25) is 0 Å². The number of carboxylic acids is 1. The quantitative estimate of drug-likeness (QED) is 0.914. The molecule has 1 aromatic heterocycles. The van der Waals surface area contributed by atoms with Crippen molar-refractivity contribution in [1.82, 2.24) is 4.98 Å². The molecule has 0 aliphatic rings. The zero-order valence-corrected chi connectivity index (χ0v) is 11.1. The molecule has 1 aromatic carbocycles. The summed E-state index contributed by atoms with van der Waals surface area (Å²) in [6.45, 7) is 5.59. The van der Waals surface area contributed by atoms with E-state index < -0.39 is 5.97 Å². The lowest BCUT2D eigenvalue weighted by molar-refractivity contribution is 0.0695. The standard InChI is InChI=1S/C15H15NO3/c1-9-4-5-10(2)13(8-9)19-14-7-6-12(15(17)18)11(3)16-14/h4-8H,1-3H3,(H,17,18). The van der Waals surface area contributed by atoms with Gasteiger partial charge in [0.1, 0.15) is 5.75 Å². The van der Waals surface area contributed by atoms with Crippen LogP contribution in [0.25, 0.3) is 0 Å². The van der Waals surface area contributed by atoms with E-state index in [-0.39, 0.29) is 5.56 Å². The highest BCUT2D eigenvalue weighted by molar-refractivity contribution is 5.88. The molecule has 2 rings (SSSR count). The minimum Gasteiger partial charge on any atom is -0.478 e. The van der Waals surface area contributed by atoms with E-state index in [9.17, 15) is 4.79 Å². The number of aromatic carboxylic acids is 1. The number of nitrogens with zero attached hydrogens (tertiary/aromatic N) is 1.